The first-order valence-electron chi connectivity index (χ1n) is 6.90. The van der Waals surface area contributed by atoms with E-state index < -0.39 is 15.6 Å². The van der Waals surface area contributed by atoms with E-state index in [-0.39, 0.29) is 11.4 Å². The summed E-state index contributed by atoms with van der Waals surface area (Å²) in [4.78, 5) is 0.176. The van der Waals surface area contributed by atoms with Gasteiger partial charge in [0.25, 0.3) is 0 Å². The molecule has 1 aromatic heterocycles. The number of benzene rings is 1. The van der Waals surface area contributed by atoms with E-state index in [1.165, 1.54) is 0 Å². The highest BCUT2D eigenvalue weighted by molar-refractivity contribution is 7.99. The third-order valence-corrected chi connectivity index (χ3v) is 6.92. The summed E-state index contributed by atoms with van der Waals surface area (Å²) in [5.74, 6) is 1.97. The van der Waals surface area contributed by atoms with E-state index in [0.717, 1.165) is 36.1 Å². The minimum atomic E-state index is -3.64. The molecule has 6 nitrogen and oxygen atoms in total. The normalized spacial score (nSPS) is 18.6. The second-order valence-electron chi connectivity index (χ2n) is 5.21. The molecule has 0 unspecified atom stereocenters. The van der Waals surface area contributed by atoms with Crippen LogP contribution in [-0.2, 0) is 14.8 Å². The molecular weight excluding hydrogens is 342 g/mol. The van der Waals surface area contributed by atoms with E-state index >= 15 is 0 Å². The molecule has 9 heteroatoms. The molecule has 0 aliphatic carbocycles. The monoisotopic (exact) mass is 359 g/mol. The molecule has 22 heavy (non-hydrogen) atoms. The number of hydrogen-bond acceptors (Lipinski definition) is 7. The predicted molar refractivity (Wildman–Crippen MR) is 88.9 cm³/mol. The predicted octanol–water partition coefficient (Wildman–Crippen LogP) is 1.88. The third kappa shape index (κ3) is 3.13. The lowest BCUT2D eigenvalue weighted by Gasteiger charge is -2.35. The van der Waals surface area contributed by atoms with Crippen molar-refractivity contribution in [1.29, 1.82) is 0 Å². The minimum Gasteiger partial charge on any atom is -0.377 e. The highest BCUT2D eigenvalue weighted by Gasteiger charge is 2.34. The number of sulfonamides is 1. The van der Waals surface area contributed by atoms with Gasteiger partial charge >= 0.3 is 0 Å². The Morgan fingerprint density at radius 1 is 1.32 bits per heavy atom. The van der Waals surface area contributed by atoms with Gasteiger partial charge < -0.3 is 4.74 Å². The molecule has 3 rings (SSSR count). The fourth-order valence-electron chi connectivity index (χ4n) is 2.50. The summed E-state index contributed by atoms with van der Waals surface area (Å²) in [5.41, 5.74) is 0.612. The van der Waals surface area contributed by atoms with Crippen molar-refractivity contribution >= 4 is 44.5 Å². The molecule has 1 aromatic carbocycles. The molecule has 1 aliphatic rings. The van der Waals surface area contributed by atoms with Gasteiger partial charge in [-0.05, 0) is 36.5 Å². The van der Waals surface area contributed by atoms with Crippen LogP contribution in [0.3, 0.4) is 0 Å². The Kier molecular flexibility index (Phi) is 4.69. The van der Waals surface area contributed by atoms with Crippen molar-refractivity contribution in [2.75, 3.05) is 25.2 Å². The molecule has 1 saturated heterocycles. The minimum absolute atomic E-state index is 0.176. The topological polar surface area (TPSA) is 81.2 Å². The first-order chi connectivity index (χ1) is 10.6. The summed E-state index contributed by atoms with van der Waals surface area (Å²) in [6, 6.07) is 5.00. The van der Waals surface area contributed by atoms with Crippen LogP contribution >= 0.6 is 23.5 Å². The van der Waals surface area contributed by atoms with E-state index in [1.54, 1.807) is 25.3 Å². The van der Waals surface area contributed by atoms with Crippen LogP contribution in [0.4, 0.5) is 0 Å². The lowest BCUT2D eigenvalue weighted by atomic mass is 9.97. The van der Waals surface area contributed by atoms with E-state index in [2.05, 4.69) is 13.5 Å². The molecule has 2 heterocycles. The van der Waals surface area contributed by atoms with Crippen molar-refractivity contribution in [3.63, 3.8) is 0 Å². The lowest BCUT2D eigenvalue weighted by Crippen LogP contribution is -2.46. The molecule has 1 aliphatic heterocycles. The SMILES string of the molecule is COC1(CNS(=O)(=O)c2cccc3nsnc23)CCSCC1. The maximum absolute atomic E-state index is 12.6. The Morgan fingerprint density at radius 3 is 2.82 bits per heavy atom. The summed E-state index contributed by atoms with van der Waals surface area (Å²) < 4.78 is 41.7. The Balaban J connectivity index is 1.83. The quantitative estimate of drug-likeness (QED) is 0.878. The van der Waals surface area contributed by atoms with Crippen LogP contribution in [0.15, 0.2) is 23.1 Å². The van der Waals surface area contributed by atoms with Gasteiger partial charge in [0.05, 0.1) is 17.3 Å². The number of fused-ring (bicyclic) bond motifs is 1. The number of nitrogens with one attached hydrogen (secondary N) is 1. The molecule has 0 bridgehead atoms. The average molecular weight is 359 g/mol. The number of rotatable bonds is 5. The van der Waals surface area contributed by atoms with Gasteiger partial charge in [0.2, 0.25) is 10.0 Å². The number of thioether (sulfide) groups is 1. The number of nitrogens with zero attached hydrogens (tertiary/aromatic N) is 2. The van der Waals surface area contributed by atoms with Crippen LogP contribution in [0.1, 0.15) is 12.8 Å². The van der Waals surface area contributed by atoms with Gasteiger partial charge in [0.15, 0.2) is 0 Å². The molecule has 120 valence electrons. The molecule has 0 radical (unpaired) electrons. The first-order valence-corrected chi connectivity index (χ1v) is 10.3. The fourth-order valence-corrected chi connectivity index (χ4v) is 5.61. The number of aromatic nitrogens is 2. The Labute approximate surface area is 138 Å². The van der Waals surface area contributed by atoms with Crippen molar-refractivity contribution < 1.29 is 13.2 Å². The smallest absolute Gasteiger partial charge is 0.242 e. The van der Waals surface area contributed by atoms with Crippen molar-refractivity contribution in [2.45, 2.75) is 23.3 Å². The van der Waals surface area contributed by atoms with Crippen molar-refractivity contribution in [2.24, 2.45) is 0 Å². The fraction of sp³-hybridized carbons (Fsp3) is 0.538. The van der Waals surface area contributed by atoms with Gasteiger partial charge in [-0.25, -0.2) is 13.1 Å². The van der Waals surface area contributed by atoms with Gasteiger partial charge in [-0.3, -0.25) is 0 Å². The van der Waals surface area contributed by atoms with Crippen LogP contribution < -0.4 is 4.72 Å². The second kappa shape index (κ2) is 6.40. The second-order valence-corrected chi connectivity index (χ2v) is 8.70. The zero-order valence-corrected chi connectivity index (χ0v) is 14.6. The van der Waals surface area contributed by atoms with Crippen LogP contribution in [0.5, 0.6) is 0 Å². The maximum Gasteiger partial charge on any atom is 0.242 e. The van der Waals surface area contributed by atoms with Gasteiger partial charge in [0, 0.05) is 13.7 Å². The van der Waals surface area contributed by atoms with E-state index in [1.807, 2.05) is 11.8 Å². The summed E-state index contributed by atoms with van der Waals surface area (Å²) in [5, 5.41) is 0. The molecule has 1 N–H and O–H groups in total. The summed E-state index contributed by atoms with van der Waals surface area (Å²) >= 11 is 2.88. The van der Waals surface area contributed by atoms with Crippen molar-refractivity contribution in [3.05, 3.63) is 18.2 Å². The van der Waals surface area contributed by atoms with Gasteiger partial charge in [0.1, 0.15) is 15.9 Å². The first kappa shape index (κ1) is 16.1. The largest absolute Gasteiger partial charge is 0.377 e. The Morgan fingerprint density at radius 2 is 2.09 bits per heavy atom. The number of hydrogen-bond donors (Lipinski definition) is 1. The highest BCUT2D eigenvalue weighted by Crippen LogP contribution is 2.30. The number of ether oxygens (including phenoxy) is 1. The summed E-state index contributed by atoms with van der Waals surface area (Å²) in [6.07, 6.45) is 1.69. The van der Waals surface area contributed by atoms with E-state index in [0.29, 0.717) is 11.0 Å². The zero-order chi connectivity index (χ0) is 15.6. The Bertz CT molecular complexity index is 754. The highest BCUT2D eigenvalue weighted by atomic mass is 32.2. The number of methoxy groups -OCH3 is 1. The standard InChI is InChI=1S/C13H17N3O3S3/c1-19-13(5-7-20-8-6-13)9-14-22(17,18)11-4-2-3-10-12(11)16-21-15-10/h2-4,14H,5-9H2,1H3. The van der Waals surface area contributed by atoms with Crippen LogP contribution in [-0.4, -0.2) is 47.9 Å². The van der Waals surface area contributed by atoms with Crippen LogP contribution in [0, 0.1) is 0 Å². The van der Waals surface area contributed by atoms with E-state index in [4.69, 9.17) is 4.74 Å². The average Bonchev–Trinajstić information content (AvgIpc) is 3.02. The lowest BCUT2D eigenvalue weighted by molar-refractivity contribution is -0.0119. The molecule has 0 amide bonds. The molecular formula is C13H17N3O3S3. The van der Waals surface area contributed by atoms with Crippen molar-refractivity contribution in [3.8, 4) is 0 Å². The summed E-state index contributed by atoms with van der Waals surface area (Å²) in [6.45, 7) is 0.278. The van der Waals surface area contributed by atoms with Crippen LogP contribution in [0.2, 0.25) is 0 Å². The molecule has 0 atom stereocenters. The van der Waals surface area contributed by atoms with Gasteiger partial charge in [-0.2, -0.15) is 20.5 Å². The third-order valence-electron chi connectivity index (χ3n) is 3.96. The summed E-state index contributed by atoms with van der Waals surface area (Å²) in [7, 11) is -1.99. The molecule has 1 fully saturated rings. The van der Waals surface area contributed by atoms with Gasteiger partial charge in [-0.15, -0.1) is 0 Å². The van der Waals surface area contributed by atoms with E-state index in [9.17, 15) is 8.42 Å². The molecule has 0 spiro atoms. The zero-order valence-electron chi connectivity index (χ0n) is 12.1. The Hall–Kier alpha value is -0.740. The van der Waals surface area contributed by atoms with Crippen molar-refractivity contribution in [1.82, 2.24) is 13.5 Å². The van der Waals surface area contributed by atoms with Crippen LogP contribution in [0.25, 0.3) is 11.0 Å². The van der Waals surface area contributed by atoms with Gasteiger partial charge in [-0.1, -0.05) is 6.07 Å². The maximum atomic E-state index is 12.6. The molecule has 0 saturated carbocycles. The molecule has 2 aromatic rings.